The van der Waals surface area contributed by atoms with Crippen LogP contribution >= 0.6 is 0 Å². The molecule has 0 aliphatic carbocycles. The zero-order valence-corrected chi connectivity index (χ0v) is 8.71. The second kappa shape index (κ2) is 5.03. The standard InChI is InChI=1S/C14H11NO/c16-15-14(13-9-5-2-6-10-13)11-12-7-3-1-4-8-12/h1-11H. The molecule has 0 heterocycles. The molecule has 0 amide bonds. The third kappa shape index (κ3) is 2.42. The van der Waals surface area contributed by atoms with Crippen molar-refractivity contribution >= 4 is 11.8 Å². The second-order valence-corrected chi connectivity index (χ2v) is 3.40. The van der Waals surface area contributed by atoms with Gasteiger partial charge in [-0.25, -0.2) is 0 Å². The Kier molecular flexibility index (Phi) is 3.24. The van der Waals surface area contributed by atoms with Gasteiger partial charge in [-0.1, -0.05) is 60.7 Å². The van der Waals surface area contributed by atoms with Gasteiger partial charge in [0.25, 0.3) is 0 Å². The molecule has 0 saturated carbocycles. The molecule has 2 heteroatoms. The lowest BCUT2D eigenvalue weighted by atomic mass is 10.1. The minimum Gasteiger partial charge on any atom is -0.145 e. The highest BCUT2D eigenvalue weighted by atomic mass is 16.3. The Labute approximate surface area is 94.2 Å². The van der Waals surface area contributed by atoms with Gasteiger partial charge in [0, 0.05) is 5.56 Å². The number of hydrogen-bond donors (Lipinski definition) is 0. The van der Waals surface area contributed by atoms with E-state index in [2.05, 4.69) is 5.18 Å². The van der Waals surface area contributed by atoms with Crippen molar-refractivity contribution in [2.45, 2.75) is 0 Å². The highest BCUT2D eigenvalue weighted by Gasteiger charge is 2.00. The molecule has 2 rings (SSSR count). The average molecular weight is 209 g/mol. The molecule has 0 aliphatic heterocycles. The molecule has 0 atom stereocenters. The molecule has 78 valence electrons. The lowest BCUT2D eigenvalue weighted by Gasteiger charge is -1.98. The van der Waals surface area contributed by atoms with Crippen LogP contribution in [0.4, 0.5) is 0 Å². The third-order valence-corrected chi connectivity index (χ3v) is 2.27. The zero-order valence-electron chi connectivity index (χ0n) is 8.71. The van der Waals surface area contributed by atoms with E-state index < -0.39 is 0 Å². The summed E-state index contributed by atoms with van der Waals surface area (Å²) in [6.45, 7) is 0. The predicted octanol–water partition coefficient (Wildman–Crippen LogP) is 3.95. The van der Waals surface area contributed by atoms with Crippen LogP contribution in [0.1, 0.15) is 11.1 Å². The molecule has 2 aromatic carbocycles. The minimum absolute atomic E-state index is 0.451. The van der Waals surface area contributed by atoms with Crippen LogP contribution in [-0.4, -0.2) is 0 Å². The van der Waals surface area contributed by atoms with E-state index in [4.69, 9.17) is 0 Å². The Morgan fingerprint density at radius 2 is 1.44 bits per heavy atom. The minimum atomic E-state index is 0.451. The molecular weight excluding hydrogens is 198 g/mol. The summed E-state index contributed by atoms with van der Waals surface area (Å²) >= 11 is 0. The van der Waals surface area contributed by atoms with Crippen LogP contribution in [-0.2, 0) is 0 Å². The lowest BCUT2D eigenvalue weighted by Crippen LogP contribution is -1.79. The van der Waals surface area contributed by atoms with E-state index in [1.54, 1.807) is 6.08 Å². The van der Waals surface area contributed by atoms with Crippen LogP contribution < -0.4 is 0 Å². The van der Waals surface area contributed by atoms with Crippen molar-refractivity contribution < 1.29 is 0 Å². The fourth-order valence-corrected chi connectivity index (χ4v) is 1.48. The van der Waals surface area contributed by atoms with Crippen molar-refractivity contribution in [2.75, 3.05) is 0 Å². The molecule has 2 aromatic rings. The molecule has 0 aliphatic rings. The molecule has 0 unspecified atom stereocenters. The van der Waals surface area contributed by atoms with Crippen molar-refractivity contribution in [1.82, 2.24) is 0 Å². The number of hydrogen-bond acceptors (Lipinski definition) is 2. The summed E-state index contributed by atoms with van der Waals surface area (Å²) in [6.07, 6.45) is 1.78. The summed E-state index contributed by atoms with van der Waals surface area (Å²) in [5, 5.41) is 3.06. The smallest absolute Gasteiger partial charge is 0.115 e. The van der Waals surface area contributed by atoms with E-state index in [-0.39, 0.29) is 0 Å². The predicted molar refractivity (Wildman–Crippen MR) is 66.6 cm³/mol. The molecule has 0 fully saturated rings. The maximum Gasteiger partial charge on any atom is 0.115 e. The molecule has 0 N–H and O–H groups in total. The van der Waals surface area contributed by atoms with Gasteiger partial charge < -0.3 is 0 Å². The summed E-state index contributed by atoms with van der Waals surface area (Å²) in [6, 6.07) is 19.1. The monoisotopic (exact) mass is 209 g/mol. The molecule has 0 aromatic heterocycles. The van der Waals surface area contributed by atoms with Gasteiger partial charge in [-0.3, -0.25) is 0 Å². The van der Waals surface area contributed by atoms with Gasteiger partial charge in [-0.2, -0.15) is 0 Å². The van der Waals surface area contributed by atoms with E-state index in [0.717, 1.165) is 11.1 Å². The summed E-state index contributed by atoms with van der Waals surface area (Å²) in [7, 11) is 0. The van der Waals surface area contributed by atoms with Gasteiger partial charge in [0.15, 0.2) is 0 Å². The maximum atomic E-state index is 10.8. The van der Waals surface area contributed by atoms with Crippen molar-refractivity contribution in [3.05, 3.63) is 76.7 Å². The van der Waals surface area contributed by atoms with Crippen LogP contribution in [0.5, 0.6) is 0 Å². The molecule has 0 bridgehead atoms. The lowest BCUT2D eigenvalue weighted by molar-refractivity contribution is 1.49. The largest absolute Gasteiger partial charge is 0.145 e. The topological polar surface area (TPSA) is 29.4 Å². The van der Waals surface area contributed by atoms with E-state index in [1.165, 1.54) is 0 Å². The van der Waals surface area contributed by atoms with Crippen LogP contribution in [0.15, 0.2) is 65.8 Å². The van der Waals surface area contributed by atoms with Crippen molar-refractivity contribution in [3.8, 4) is 0 Å². The van der Waals surface area contributed by atoms with Crippen molar-refractivity contribution in [3.63, 3.8) is 0 Å². The third-order valence-electron chi connectivity index (χ3n) is 2.27. The normalized spacial score (nSPS) is 11.1. The SMILES string of the molecule is O=NC(=Cc1ccccc1)c1ccccc1. The average Bonchev–Trinajstić information content (AvgIpc) is 2.38. The first-order valence-corrected chi connectivity index (χ1v) is 5.05. The number of nitrogens with zero attached hydrogens (tertiary/aromatic N) is 1. The number of benzene rings is 2. The molecule has 0 spiro atoms. The highest BCUT2D eigenvalue weighted by Crippen LogP contribution is 2.18. The van der Waals surface area contributed by atoms with E-state index in [1.807, 2.05) is 60.7 Å². The van der Waals surface area contributed by atoms with Crippen molar-refractivity contribution in [2.24, 2.45) is 5.18 Å². The van der Waals surface area contributed by atoms with Gasteiger partial charge in [0.2, 0.25) is 0 Å². The first-order valence-electron chi connectivity index (χ1n) is 5.05. The highest BCUT2D eigenvalue weighted by molar-refractivity contribution is 5.80. The maximum absolute atomic E-state index is 10.8. The van der Waals surface area contributed by atoms with E-state index in [0.29, 0.717) is 5.70 Å². The molecule has 0 radical (unpaired) electrons. The molecular formula is C14H11NO. The molecule has 16 heavy (non-hydrogen) atoms. The van der Waals surface area contributed by atoms with Crippen LogP contribution in [0.2, 0.25) is 0 Å². The number of nitroso groups, excluding NO2 is 1. The zero-order chi connectivity index (χ0) is 11.2. The molecule has 0 saturated heterocycles. The number of rotatable bonds is 3. The van der Waals surface area contributed by atoms with Gasteiger partial charge in [0.05, 0.1) is 0 Å². The van der Waals surface area contributed by atoms with Crippen molar-refractivity contribution in [1.29, 1.82) is 0 Å². The summed E-state index contributed by atoms with van der Waals surface area (Å²) in [5.74, 6) is 0. The Morgan fingerprint density at radius 1 is 0.875 bits per heavy atom. The van der Waals surface area contributed by atoms with Gasteiger partial charge >= 0.3 is 0 Å². The Hall–Kier alpha value is -2.22. The van der Waals surface area contributed by atoms with Gasteiger partial charge in [-0.15, -0.1) is 4.91 Å². The Morgan fingerprint density at radius 3 is 2.00 bits per heavy atom. The second-order valence-electron chi connectivity index (χ2n) is 3.40. The Balaban J connectivity index is 2.38. The summed E-state index contributed by atoms with van der Waals surface area (Å²) in [5.41, 5.74) is 2.26. The quantitative estimate of drug-likeness (QED) is 0.556. The van der Waals surface area contributed by atoms with Crippen LogP contribution in [0, 0.1) is 4.91 Å². The first-order chi connectivity index (χ1) is 7.90. The summed E-state index contributed by atoms with van der Waals surface area (Å²) in [4.78, 5) is 10.8. The first kappa shape index (κ1) is 10.3. The Bertz CT molecular complexity index is 489. The van der Waals surface area contributed by atoms with E-state index in [9.17, 15) is 4.91 Å². The molecule has 2 nitrogen and oxygen atoms in total. The van der Waals surface area contributed by atoms with Crippen LogP contribution in [0.3, 0.4) is 0 Å². The van der Waals surface area contributed by atoms with Gasteiger partial charge in [-0.05, 0) is 16.8 Å². The fraction of sp³-hybridized carbons (Fsp3) is 0. The fourth-order valence-electron chi connectivity index (χ4n) is 1.48. The van der Waals surface area contributed by atoms with E-state index >= 15 is 0 Å². The summed E-state index contributed by atoms with van der Waals surface area (Å²) < 4.78 is 0. The van der Waals surface area contributed by atoms with Gasteiger partial charge in [0.1, 0.15) is 5.70 Å². The van der Waals surface area contributed by atoms with Crippen LogP contribution in [0.25, 0.3) is 11.8 Å².